The molecule has 0 atom stereocenters. The van der Waals surface area contributed by atoms with Gasteiger partial charge in [0.1, 0.15) is 11.5 Å². The van der Waals surface area contributed by atoms with Crippen LogP contribution in [-0.2, 0) is 4.79 Å². The minimum Gasteiger partial charge on any atom is -0.481 e. The Morgan fingerprint density at radius 1 is 0.906 bits per heavy atom. The number of benzene rings is 3. The molecule has 1 amide bonds. The summed E-state index contributed by atoms with van der Waals surface area (Å²) in [5, 5.41) is 3.95. The van der Waals surface area contributed by atoms with Crippen LogP contribution in [0.5, 0.6) is 11.5 Å². The molecular formula is C22H14Br4N2O4. The number of hydrogen-bond acceptors (Lipinski definition) is 5. The predicted octanol–water partition coefficient (Wildman–Crippen LogP) is 6.48. The van der Waals surface area contributed by atoms with Gasteiger partial charge in [0.05, 0.1) is 20.7 Å². The van der Waals surface area contributed by atoms with Crippen molar-refractivity contribution in [1.29, 1.82) is 0 Å². The van der Waals surface area contributed by atoms with Gasteiger partial charge in [-0.15, -0.1) is 0 Å². The molecular weight excluding hydrogens is 676 g/mol. The lowest BCUT2D eigenvalue weighted by Crippen LogP contribution is -2.24. The smallest absolute Gasteiger partial charge is 0.343 e. The first-order chi connectivity index (χ1) is 15.3. The van der Waals surface area contributed by atoms with Crippen LogP contribution in [0.15, 0.2) is 83.7 Å². The second-order valence-corrected chi connectivity index (χ2v) is 9.76. The van der Waals surface area contributed by atoms with Gasteiger partial charge in [0.15, 0.2) is 6.61 Å². The maximum atomic E-state index is 12.4. The molecule has 3 aromatic rings. The van der Waals surface area contributed by atoms with Crippen LogP contribution in [-0.4, -0.2) is 24.7 Å². The van der Waals surface area contributed by atoms with E-state index in [2.05, 4.69) is 74.2 Å². The van der Waals surface area contributed by atoms with Crippen molar-refractivity contribution in [3.05, 3.63) is 89.7 Å². The molecule has 0 aliphatic heterocycles. The van der Waals surface area contributed by atoms with E-state index in [4.69, 9.17) is 9.47 Å². The summed E-state index contributed by atoms with van der Waals surface area (Å²) in [6.07, 6.45) is 1.39. The highest BCUT2D eigenvalue weighted by molar-refractivity contribution is 9.11. The highest BCUT2D eigenvalue weighted by Crippen LogP contribution is 2.36. The number of hydrazone groups is 1. The fraction of sp³-hybridized carbons (Fsp3) is 0.0455. The maximum Gasteiger partial charge on any atom is 0.343 e. The molecule has 0 saturated heterocycles. The van der Waals surface area contributed by atoms with Gasteiger partial charge in [-0.05, 0) is 74.3 Å². The summed E-state index contributed by atoms with van der Waals surface area (Å²) < 4.78 is 14.0. The van der Waals surface area contributed by atoms with Gasteiger partial charge in [0, 0.05) is 14.5 Å². The molecule has 0 aromatic heterocycles. The Labute approximate surface area is 217 Å². The number of ether oxygens (including phenoxy) is 2. The van der Waals surface area contributed by atoms with Crippen LogP contribution < -0.4 is 14.9 Å². The largest absolute Gasteiger partial charge is 0.481 e. The van der Waals surface area contributed by atoms with Crippen molar-refractivity contribution < 1.29 is 19.1 Å². The molecule has 164 valence electrons. The van der Waals surface area contributed by atoms with Crippen molar-refractivity contribution >= 4 is 81.8 Å². The van der Waals surface area contributed by atoms with E-state index in [1.165, 1.54) is 6.21 Å². The van der Waals surface area contributed by atoms with Crippen LogP contribution in [0, 0.1) is 0 Å². The van der Waals surface area contributed by atoms with E-state index in [9.17, 15) is 9.59 Å². The zero-order valence-corrected chi connectivity index (χ0v) is 22.5. The molecule has 0 spiro atoms. The van der Waals surface area contributed by atoms with Gasteiger partial charge in [0.2, 0.25) is 0 Å². The van der Waals surface area contributed by atoms with Crippen molar-refractivity contribution in [3.63, 3.8) is 0 Å². The van der Waals surface area contributed by atoms with E-state index in [1.807, 2.05) is 18.2 Å². The second-order valence-electron chi connectivity index (χ2n) is 6.22. The standard InChI is InChI=1S/C22H14Br4N2O4/c23-15-6-7-19(32-22(30)13-4-2-1-3-5-13)14(8-15)11-27-28-20(29)12-31-21-17(25)9-16(24)10-18(21)26/h1-11H,12H2,(H,28,29)/b27-11-. The normalized spacial score (nSPS) is 10.8. The van der Waals surface area contributed by atoms with Crippen LogP contribution in [0.2, 0.25) is 0 Å². The van der Waals surface area contributed by atoms with E-state index >= 15 is 0 Å². The summed E-state index contributed by atoms with van der Waals surface area (Å²) in [6, 6.07) is 17.4. The molecule has 3 rings (SSSR count). The molecule has 32 heavy (non-hydrogen) atoms. The molecule has 0 heterocycles. The highest BCUT2D eigenvalue weighted by Gasteiger charge is 2.12. The van der Waals surface area contributed by atoms with Gasteiger partial charge >= 0.3 is 5.97 Å². The summed E-state index contributed by atoms with van der Waals surface area (Å²) in [7, 11) is 0. The van der Waals surface area contributed by atoms with Crippen molar-refractivity contribution in [1.82, 2.24) is 5.43 Å². The molecule has 1 N–H and O–H groups in total. The fourth-order valence-electron chi connectivity index (χ4n) is 2.46. The number of amides is 1. The number of esters is 1. The number of nitrogens with zero attached hydrogens (tertiary/aromatic N) is 1. The third-order valence-electron chi connectivity index (χ3n) is 3.89. The number of carbonyl (C=O) groups is 2. The summed E-state index contributed by atoms with van der Waals surface area (Å²) in [4.78, 5) is 24.5. The zero-order chi connectivity index (χ0) is 23.1. The third-order valence-corrected chi connectivity index (χ3v) is 6.02. The van der Waals surface area contributed by atoms with Gasteiger partial charge in [-0.2, -0.15) is 5.10 Å². The van der Waals surface area contributed by atoms with E-state index < -0.39 is 11.9 Å². The molecule has 0 aliphatic carbocycles. The monoisotopic (exact) mass is 686 g/mol. The molecule has 0 fully saturated rings. The van der Waals surface area contributed by atoms with Gasteiger partial charge < -0.3 is 9.47 Å². The van der Waals surface area contributed by atoms with Gasteiger partial charge in [-0.3, -0.25) is 4.79 Å². The van der Waals surface area contributed by atoms with E-state index in [-0.39, 0.29) is 6.61 Å². The third kappa shape index (κ3) is 6.99. The quantitative estimate of drug-likeness (QED) is 0.133. The van der Waals surface area contributed by atoms with E-state index in [0.717, 1.165) is 8.95 Å². The van der Waals surface area contributed by atoms with Crippen molar-refractivity contribution in [2.24, 2.45) is 5.10 Å². The molecule has 0 bridgehead atoms. The Balaban J connectivity index is 1.63. The Hall–Kier alpha value is -2.01. The molecule has 0 unspecified atom stereocenters. The zero-order valence-electron chi connectivity index (χ0n) is 16.2. The fourth-order valence-corrected chi connectivity index (χ4v) is 5.32. The first-order valence-electron chi connectivity index (χ1n) is 8.99. The lowest BCUT2D eigenvalue weighted by molar-refractivity contribution is -0.123. The molecule has 0 saturated carbocycles. The van der Waals surface area contributed by atoms with E-state index in [1.54, 1.807) is 42.5 Å². The van der Waals surface area contributed by atoms with Crippen LogP contribution in [0.4, 0.5) is 0 Å². The van der Waals surface area contributed by atoms with Crippen LogP contribution in [0.25, 0.3) is 0 Å². The number of halogens is 4. The van der Waals surface area contributed by atoms with Crippen LogP contribution >= 0.6 is 63.7 Å². The van der Waals surface area contributed by atoms with Gasteiger partial charge in [0.25, 0.3) is 5.91 Å². The van der Waals surface area contributed by atoms with Gasteiger partial charge in [-0.1, -0.05) is 50.1 Å². The lowest BCUT2D eigenvalue weighted by Gasteiger charge is -2.10. The molecule has 0 radical (unpaired) electrons. The Morgan fingerprint density at radius 3 is 2.28 bits per heavy atom. The number of hydrogen-bond donors (Lipinski definition) is 1. The maximum absolute atomic E-state index is 12.4. The minimum absolute atomic E-state index is 0.246. The number of carbonyl (C=O) groups excluding carboxylic acids is 2. The Bertz CT molecular complexity index is 1150. The first kappa shape index (κ1) is 24.6. The molecule has 6 nitrogen and oxygen atoms in total. The molecule has 10 heteroatoms. The predicted molar refractivity (Wildman–Crippen MR) is 136 cm³/mol. The Kier molecular flexibility index (Phi) is 9.03. The van der Waals surface area contributed by atoms with E-state index in [0.29, 0.717) is 31.6 Å². The van der Waals surface area contributed by atoms with Gasteiger partial charge in [-0.25, -0.2) is 10.2 Å². The average Bonchev–Trinajstić information content (AvgIpc) is 2.75. The number of rotatable bonds is 7. The first-order valence-corrected chi connectivity index (χ1v) is 12.2. The molecule has 0 aliphatic rings. The lowest BCUT2D eigenvalue weighted by atomic mass is 10.2. The summed E-state index contributed by atoms with van der Waals surface area (Å²) in [5.41, 5.74) is 3.32. The molecule has 3 aromatic carbocycles. The highest BCUT2D eigenvalue weighted by atomic mass is 79.9. The van der Waals surface area contributed by atoms with Crippen molar-refractivity contribution in [2.45, 2.75) is 0 Å². The average molecular weight is 690 g/mol. The van der Waals surface area contributed by atoms with Crippen molar-refractivity contribution in [2.75, 3.05) is 6.61 Å². The minimum atomic E-state index is -0.495. The number of nitrogens with one attached hydrogen (secondary N) is 1. The second kappa shape index (κ2) is 11.7. The Morgan fingerprint density at radius 2 is 1.59 bits per heavy atom. The summed E-state index contributed by atoms with van der Waals surface area (Å²) in [6.45, 7) is -0.246. The summed E-state index contributed by atoms with van der Waals surface area (Å²) in [5.74, 6) is -0.153. The van der Waals surface area contributed by atoms with Crippen LogP contribution in [0.3, 0.4) is 0 Å². The van der Waals surface area contributed by atoms with Crippen LogP contribution in [0.1, 0.15) is 15.9 Å². The summed E-state index contributed by atoms with van der Waals surface area (Å²) >= 11 is 13.5. The topological polar surface area (TPSA) is 77.0 Å². The SMILES string of the molecule is O=C(COc1c(Br)cc(Br)cc1Br)N/N=C\c1cc(Br)ccc1OC(=O)c1ccccc1. The van der Waals surface area contributed by atoms with Crippen molar-refractivity contribution in [3.8, 4) is 11.5 Å².